The van der Waals surface area contributed by atoms with Crippen molar-refractivity contribution in [1.29, 1.82) is 0 Å². The van der Waals surface area contributed by atoms with Crippen LogP contribution >= 0.6 is 0 Å². The van der Waals surface area contributed by atoms with E-state index in [0.29, 0.717) is 0 Å². The van der Waals surface area contributed by atoms with Crippen molar-refractivity contribution >= 4 is 5.91 Å². The Labute approximate surface area is 143 Å². The molecule has 0 unspecified atom stereocenters. The Balaban J connectivity index is 1.80. The number of benzene rings is 1. The highest BCUT2D eigenvalue weighted by Crippen LogP contribution is 2.31. The number of carbonyl (C=O) groups excluding carboxylic acids is 1. The lowest BCUT2D eigenvalue weighted by Crippen LogP contribution is -2.31. The van der Waals surface area contributed by atoms with Crippen molar-refractivity contribution in [2.45, 2.75) is 31.9 Å². The Hall–Kier alpha value is -2.64. The van der Waals surface area contributed by atoms with Crippen LogP contribution < -0.4 is 14.8 Å². The molecule has 0 saturated heterocycles. The molecule has 1 amide bonds. The zero-order chi connectivity index (χ0) is 18.0. The molecule has 6 nitrogen and oxygen atoms in total. The largest absolute Gasteiger partial charge is 0.493 e. The van der Waals surface area contributed by atoms with E-state index in [1.807, 2.05) is 11.7 Å². The fourth-order valence-corrected chi connectivity index (χ4v) is 3.10. The van der Waals surface area contributed by atoms with Crippen LogP contribution in [0.1, 0.15) is 40.5 Å². The summed E-state index contributed by atoms with van der Waals surface area (Å²) < 4.78 is 36.3. The molecule has 1 aliphatic carbocycles. The number of aryl methyl sites for hydroxylation is 1. The number of nitrogens with one attached hydrogen (secondary N) is 1. The number of amides is 1. The maximum absolute atomic E-state index is 12.5. The van der Waals surface area contributed by atoms with Gasteiger partial charge in [-0.3, -0.25) is 9.48 Å². The van der Waals surface area contributed by atoms with Gasteiger partial charge >= 0.3 is 6.61 Å². The number of halogens is 2. The van der Waals surface area contributed by atoms with Crippen molar-refractivity contribution in [2.24, 2.45) is 7.05 Å². The van der Waals surface area contributed by atoms with E-state index in [2.05, 4.69) is 15.2 Å². The third-order valence-corrected chi connectivity index (χ3v) is 4.32. The van der Waals surface area contributed by atoms with Crippen LogP contribution in [0.3, 0.4) is 0 Å². The molecule has 1 aliphatic rings. The lowest BCUT2D eigenvalue weighted by molar-refractivity contribution is -0.0512. The highest BCUT2D eigenvalue weighted by atomic mass is 19.3. The van der Waals surface area contributed by atoms with Crippen LogP contribution in [0.5, 0.6) is 11.5 Å². The van der Waals surface area contributed by atoms with Crippen LogP contribution in [0.2, 0.25) is 0 Å². The molecular weight excluding hydrogens is 332 g/mol. The van der Waals surface area contributed by atoms with Crippen LogP contribution in [0.15, 0.2) is 24.4 Å². The van der Waals surface area contributed by atoms with E-state index in [-0.39, 0.29) is 29.0 Å². The van der Waals surface area contributed by atoms with Gasteiger partial charge in [0.25, 0.3) is 5.91 Å². The summed E-state index contributed by atoms with van der Waals surface area (Å²) in [4.78, 5) is 12.5. The Morgan fingerprint density at radius 1 is 1.40 bits per heavy atom. The molecule has 134 valence electrons. The zero-order valence-corrected chi connectivity index (χ0v) is 14.0. The average Bonchev–Trinajstić information content (AvgIpc) is 2.96. The third kappa shape index (κ3) is 3.57. The molecule has 1 N–H and O–H groups in total. The summed E-state index contributed by atoms with van der Waals surface area (Å²) in [6, 6.07) is 4.06. The molecule has 2 aromatic rings. The minimum absolute atomic E-state index is 0.143. The van der Waals surface area contributed by atoms with Gasteiger partial charge in [0, 0.05) is 23.9 Å². The maximum atomic E-state index is 12.5. The molecule has 1 heterocycles. The molecule has 1 aromatic heterocycles. The monoisotopic (exact) mass is 351 g/mol. The number of fused-ring (bicyclic) bond motifs is 1. The Morgan fingerprint density at radius 2 is 2.20 bits per heavy atom. The second kappa shape index (κ2) is 7.08. The van der Waals surface area contributed by atoms with Gasteiger partial charge in [0.15, 0.2) is 11.5 Å². The fraction of sp³-hybridized carbons (Fsp3) is 0.412. The number of carbonyl (C=O) groups is 1. The third-order valence-electron chi connectivity index (χ3n) is 4.32. The van der Waals surface area contributed by atoms with Crippen LogP contribution in [0, 0.1) is 0 Å². The normalized spacial score (nSPS) is 16.4. The van der Waals surface area contributed by atoms with Gasteiger partial charge in [0.1, 0.15) is 0 Å². The van der Waals surface area contributed by atoms with Crippen molar-refractivity contribution in [3.63, 3.8) is 0 Å². The van der Waals surface area contributed by atoms with Gasteiger partial charge in [0.2, 0.25) is 0 Å². The van der Waals surface area contributed by atoms with Crippen molar-refractivity contribution in [1.82, 2.24) is 15.1 Å². The van der Waals surface area contributed by atoms with Crippen LogP contribution in [0.25, 0.3) is 0 Å². The van der Waals surface area contributed by atoms with E-state index >= 15 is 0 Å². The number of hydrogen-bond acceptors (Lipinski definition) is 4. The Bertz CT molecular complexity index is 776. The van der Waals surface area contributed by atoms with E-state index in [9.17, 15) is 13.6 Å². The number of hydrogen-bond donors (Lipinski definition) is 1. The van der Waals surface area contributed by atoms with Crippen molar-refractivity contribution < 1.29 is 23.0 Å². The van der Waals surface area contributed by atoms with E-state index < -0.39 is 6.61 Å². The fourth-order valence-electron chi connectivity index (χ4n) is 3.10. The molecule has 3 rings (SSSR count). The summed E-state index contributed by atoms with van der Waals surface area (Å²) in [5.41, 5.74) is 2.33. The van der Waals surface area contributed by atoms with Gasteiger partial charge in [0.05, 0.1) is 19.3 Å². The molecule has 0 fully saturated rings. The summed E-state index contributed by atoms with van der Waals surface area (Å²) >= 11 is 0. The Morgan fingerprint density at radius 3 is 2.92 bits per heavy atom. The minimum atomic E-state index is -3.00. The summed E-state index contributed by atoms with van der Waals surface area (Å²) in [5.74, 6) is -0.386. The summed E-state index contributed by atoms with van der Waals surface area (Å²) in [6.07, 6.45) is 4.44. The second-order valence-corrected chi connectivity index (χ2v) is 5.83. The van der Waals surface area contributed by atoms with Crippen molar-refractivity contribution in [3.05, 3.63) is 41.2 Å². The van der Waals surface area contributed by atoms with Crippen LogP contribution in [-0.2, 0) is 13.5 Å². The van der Waals surface area contributed by atoms with Gasteiger partial charge in [-0.2, -0.15) is 13.9 Å². The van der Waals surface area contributed by atoms with E-state index in [1.165, 1.54) is 25.3 Å². The van der Waals surface area contributed by atoms with Gasteiger partial charge < -0.3 is 14.8 Å². The quantitative estimate of drug-likeness (QED) is 0.900. The molecule has 1 atom stereocenters. The Kier molecular flexibility index (Phi) is 4.87. The van der Waals surface area contributed by atoms with Crippen molar-refractivity contribution in [2.75, 3.05) is 7.11 Å². The van der Waals surface area contributed by atoms with E-state index in [0.717, 1.165) is 30.5 Å². The lowest BCUT2D eigenvalue weighted by Gasteiger charge is -2.24. The van der Waals surface area contributed by atoms with Gasteiger partial charge in [-0.1, -0.05) is 0 Å². The highest BCUT2D eigenvalue weighted by molar-refractivity contribution is 5.95. The number of rotatable bonds is 5. The molecule has 1 aromatic carbocycles. The smallest absolute Gasteiger partial charge is 0.387 e. The predicted molar refractivity (Wildman–Crippen MR) is 86.0 cm³/mol. The SMILES string of the molecule is COc1ccc(C(=O)N[C@@H]2CCCc3c2cnn3C)cc1OC(F)F. The molecule has 0 saturated carbocycles. The first-order chi connectivity index (χ1) is 12.0. The summed E-state index contributed by atoms with van der Waals surface area (Å²) in [6.45, 7) is -3.00. The average molecular weight is 351 g/mol. The molecule has 0 bridgehead atoms. The maximum Gasteiger partial charge on any atom is 0.387 e. The minimum Gasteiger partial charge on any atom is -0.493 e. The van der Waals surface area contributed by atoms with Crippen molar-refractivity contribution in [3.8, 4) is 11.5 Å². The first kappa shape index (κ1) is 17.2. The first-order valence-electron chi connectivity index (χ1n) is 7.94. The topological polar surface area (TPSA) is 65.4 Å². The number of ether oxygens (including phenoxy) is 2. The summed E-state index contributed by atoms with van der Waals surface area (Å²) in [5, 5.41) is 7.19. The standard InChI is InChI=1S/C17H19F2N3O3/c1-22-13-5-3-4-12(11(13)9-20-22)21-16(23)10-6-7-14(24-2)15(8-10)25-17(18)19/h6-9,12,17H,3-5H2,1-2H3,(H,21,23)/t12-/m1/s1. The number of nitrogens with zero attached hydrogens (tertiary/aromatic N) is 2. The predicted octanol–water partition coefficient (Wildman–Crippen LogP) is 2.84. The van der Waals surface area contributed by atoms with Gasteiger partial charge in [-0.25, -0.2) is 0 Å². The molecule has 0 radical (unpaired) electrons. The molecule has 8 heteroatoms. The molecular formula is C17H19F2N3O3. The molecule has 0 spiro atoms. The molecule has 0 aliphatic heterocycles. The second-order valence-electron chi connectivity index (χ2n) is 5.83. The number of alkyl halides is 2. The van der Waals surface area contributed by atoms with Gasteiger partial charge in [-0.05, 0) is 37.5 Å². The van der Waals surface area contributed by atoms with Crippen LogP contribution in [-0.4, -0.2) is 29.4 Å². The zero-order valence-electron chi connectivity index (χ0n) is 14.0. The summed E-state index contributed by atoms with van der Waals surface area (Å²) in [7, 11) is 3.22. The van der Waals surface area contributed by atoms with E-state index in [1.54, 1.807) is 6.20 Å². The van der Waals surface area contributed by atoms with Crippen LogP contribution in [0.4, 0.5) is 8.78 Å². The first-order valence-corrected chi connectivity index (χ1v) is 7.94. The number of aromatic nitrogens is 2. The molecule has 25 heavy (non-hydrogen) atoms. The number of methoxy groups -OCH3 is 1. The highest BCUT2D eigenvalue weighted by Gasteiger charge is 2.25. The van der Waals surface area contributed by atoms with E-state index in [4.69, 9.17) is 4.74 Å². The van der Waals surface area contributed by atoms with Gasteiger partial charge in [-0.15, -0.1) is 0 Å². The lowest BCUT2D eigenvalue weighted by atomic mass is 9.92.